The van der Waals surface area contributed by atoms with Crippen molar-refractivity contribution >= 4 is 29.9 Å². The fourth-order valence-electron chi connectivity index (χ4n) is 3.92. The predicted octanol–water partition coefficient (Wildman–Crippen LogP) is 2.13. The van der Waals surface area contributed by atoms with Gasteiger partial charge < -0.3 is 16.4 Å². The maximum absolute atomic E-state index is 13.3. The van der Waals surface area contributed by atoms with Crippen molar-refractivity contribution in [2.45, 2.75) is 12.3 Å². The average molecular weight is 435 g/mol. The van der Waals surface area contributed by atoms with E-state index in [1.54, 1.807) is 0 Å². The van der Waals surface area contributed by atoms with Crippen molar-refractivity contribution in [2.24, 2.45) is 17.4 Å². The Morgan fingerprint density at radius 1 is 1.07 bits per heavy atom. The number of hydrogen-bond acceptors (Lipinski definition) is 4. The third kappa shape index (κ3) is 6.01. The zero-order chi connectivity index (χ0) is 20.8. The number of primary amides is 1. The van der Waals surface area contributed by atoms with E-state index in [2.05, 4.69) is 17.0 Å². The third-order valence-corrected chi connectivity index (χ3v) is 5.43. The van der Waals surface area contributed by atoms with Gasteiger partial charge in [0.2, 0.25) is 11.8 Å². The molecule has 8 heteroatoms. The van der Waals surface area contributed by atoms with Gasteiger partial charge in [0.15, 0.2) is 0 Å². The predicted molar refractivity (Wildman–Crippen MR) is 118 cm³/mol. The van der Waals surface area contributed by atoms with E-state index in [9.17, 15) is 14.0 Å². The lowest BCUT2D eigenvalue weighted by Crippen LogP contribution is -2.41. The van der Waals surface area contributed by atoms with Crippen LogP contribution in [0.5, 0.6) is 0 Å². The number of hydrogen-bond donors (Lipinski definition) is 2. The molecule has 1 heterocycles. The number of likely N-dealkylation sites (tertiary alicyclic amines) is 1. The average Bonchev–Trinajstić information content (AvgIpc) is 3.12. The minimum Gasteiger partial charge on any atom is -0.370 e. The minimum atomic E-state index is -0.488. The smallest absolute Gasteiger partial charge is 0.241 e. The van der Waals surface area contributed by atoms with Crippen LogP contribution >= 0.6 is 12.4 Å². The van der Waals surface area contributed by atoms with Crippen molar-refractivity contribution in [2.75, 3.05) is 37.6 Å². The second-order valence-electron chi connectivity index (χ2n) is 7.45. The standard InChI is InChI=1S/C22H27FN4O2.ClH/c23-18-6-8-19(9-7-18)27(11-10-21(25)28)22(29)15-26-13-17(12-24)20(14-26)16-4-2-1-3-5-16;/h1-9,17,20H,10-15,24H2,(H2,25,28);1H/t17-,20+;/m1./s1. The number of rotatable bonds is 8. The van der Waals surface area contributed by atoms with Crippen molar-refractivity contribution < 1.29 is 14.0 Å². The molecule has 4 N–H and O–H groups in total. The first-order valence-electron chi connectivity index (χ1n) is 9.79. The summed E-state index contributed by atoms with van der Waals surface area (Å²) in [5.41, 5.74) is 13.0. The summed E-state index contributed by atoms with van der Waals surface area (Å²) in [5, 5.41) is 0. The highest BCUT2D eigenvalue weighted by Crippen LogP contribution is 2.32. The van der Waals surface area contributed by atoms with Crippen molar-refractivity contribution in [3.63, 3.8) is 0 Å². The monoisotopic (exact) mass is 434 g/mol. The highest BCUT2D eigenvalue weighted by atomic mass is 35.5. The molecule has 0 spiro atoms. The lowest BCUT2D eigenvalue weighted by molar-refractivity contribution is -0.120. The van der Waals surface area contributed by atoms with E-state index in [0.717, 1.165) is 13.1 Å². The molecule has 0 radical (unpaired) electrons. The van der Waals surface area contributed by atoms with Crippen molar-refractivity contribution in [1.82, 2.24) is 4.90 Å². The number of halogens is 2. The number of amides is 2. The van der Waals surface area contributed by atoms with Gasteiger partial charge in [0.1, 0.15) is 5.82 Å². The normalized spacial score (nSPS) is 18.6. The van der Waals surface area contributed by atoms with Crippen LogP contribution in [-0.4, -0.2) is 49.4 Å². The maximum Gasteiger partial charge on any atom is 0.241 e. The van der Waals surface area contributed by atoms with Crippen LogP contribution in [0.1, 0.15) is 17.9 Å². The number of benzene rings is 2. The summed E-state index contributed by atoms with van der Waals surface area (Å²) < 4.78 is 13.3. The molecule has 0 aromatic heterocycles. The zero-order valence-corrected chi connectivity index (χ0v) is 17.6. The number of carbonyl (C=O) groups excluding carboxylic acids is 2. The molecule has 0 saturated carbocycles. The van der Waals surface area contributed by atoms with Gasteiger partial charge in [-0.2, -0.15) is 0 Å². The molecule has 0 aliphatic carbocycles. The Morgan fingerprint density at radius 3 is 2.33 bits per heavy atom. The SMILES string of the molecule is Cl.NC[C@@H]1CN(CC(=O)N(CCC(N)=O)c2ccc(F)cc2)C[C@H]1c1ccccc1. The second-order valence-corrected chi connectivity index (χ2v) is 7.45. The Balaban J connectivity index is 0.00000320. The largest absolute Gasteiger partial charge is 0.370 e. The van der Waals surface area contributed by atoms with E-state index in [-0.39, 0.29) is 55.5 Å². The van der Waals surface area contributed by atoms with Gasteiger partial charge in [0.25, 0.3) is 0 Å². The van der Waals surface area contributed by atoms with Gasteiger partial charge in [0, 0.05) is 37.7 Å². The first kappa shape index (κ1) is 23.8. The molecule has 1 fully saturated rings. The first-order valence-corrected chi connectivity index (χ1v) is 9.79. The van der Waals surface area contributed by atoms with Crippen LogP contribution in [0.2, 0.25) is 0 Å². The van der Waals surface area contributed by atoms with Gasteiger partial charge in [-0.25, -0.2) is 4.39 Å². The molecule has 0 bridgehead atoms. The summed E-state index contributed by atoms with van der Waals surface area (Å²) in [6.45, 7) is 2.39. The third-order valence-electron chi connectivity index (χ3n) is 5.43. The fourth-order valence-corrected chi connectivity index (χ4v) is 3.92. The number of carbonyl (C=O) groups is 2. The molecule has 6 nitrogen and oxygen atoms in total. The molecule has 2 amide bonds. The van der Waals surface area contributed by atoms with Gasteiger partial charge in [0.05, 0.1) is 6.54 Å². The van der Waals surface area contributed by atoms with Crippen LogP contribution in [0.25, 0.3) is 0 Å². The lowest BCUT2D eigenvalue weighted by Gasteiger charge is -2.25. The lowest BCUT2D eigenvalue weighted by atomic mass is 9.89. The van der Waals surface area contributed by atoms with Crippen LogP contribution in [0, 0.1) is 11.7 Å². The molecule has 1 aliphatic heterocycles. The summed E-state index contributed by atoms with van der Waals surface area (Å²) in [4.78, 5) is 27.9. The van der Waals surface area contributed by atoms with Gasteiger partial charge in [-0.1, -0.05) is 30.3 Å². The Bertz CT molecular complexity index is 835. The summed E-state index contributed by atoms with van der Waals surface area (Å²) >= 11 is 0. The molecule has 1 aliphatic rings. The van der Waals surface area contributed by atoms with Crippen LogP contribution < -0.4 is 16.4 Å². The second kappa shape index (κ2) is 11.1. The highest BCUT2D eigenvalue weighted by Gasteiger charge is 2.34. The van der Waals surface area contributed by atoms with Gasteiger partial charge in [-0.3, -0.25) is 14.5 Å². The summed E-state index contributed by atoms with van der Waals surface area (Å²) in [6.07, 6.45) is 0.0428. The Kier molecular flexibility index (Phi) is 8.77. The van der Waals surface area contributed by atoms with Crippen LogP contribution in [-0.2, 0) is 9.59 Å². The Morgan fingerprint density at radius 2 is 1.73 bits per heavy atom. The molecular weight excluding hydrogens is 407 g/mol. The Labute approximate surface area is 182 Å². The number of nitrogens with two attached hydrogens (primary N) is 2. The van der Waals surface area contributed by atoms with Crippen molar-refractivity contribution in [3.05, 3.63) is 66.0 Å². The van der Waals surface area contributed by atoms with E-state index < -0.39 is 5.91 Å². The molecule has 1 saturated heterocycles. The van der Waals surface area contributed by atoms with Crippen molar-refractivity contribution in [1.29, 1.82) is 0 Å². The van der Waals surface area contributed by atoms with E-state index in [4.69, 9.17) is 11.5 Å². The number of nitrogens with zero attached hydrogens (tertiary/aromatic N) is 2. The van der Waals surface area contributed by atoms with E-state index >= 15 is 0 Å². The fraction of sp³-hybridized carbons (Fsp3) is 0.364. The van der Waals surface area contributed by atoms with Gasteiger partial charge in [-0.15, -0.1) is 12.4 Å². The van der Waals surface area contributed by atoms with Crippen LogP contribution in [0.15, 0.2) is 54.6 Å². The molecular formula is C22H28ClFN4O2. The van der Waals surface area contributed by atoms with Crippen LogP contribution in [0.3, 0.4) is 0 Å². The highest BCUT2D eigenvalue weighted by molar-refractivity contribution is 5.95. The molecule has 2 aromatic carbocycles. The van der Waals surface area contributed by atoms with Crippen LogP contribution in [0.4, 0.5) is 10.1 Å². The molecule has 2 aromatic rings. The zero-order valence-electron chi connectivity index (χ0n) is 16.7. The molecule has 2 atom stereocenters. The Hall–Kier alpha value is -2.48. The number of anilines is 1. The topological polar surface area (TPSA) is 92.7 Å². The van der Waals surface area contributed by atoms with E-state index in [0.29, 0.717) is 12.2 Å². The molecule has 162 valence electrons. The van der Waals surface area contributed by atoms with Gasteiger partial charge in [-0.05, 0) is 42.3 Å². The first-order chi connectivity index (χ1) is 14.0. The quantitative estimate of drug-likeness (QED) is 0.665. The van der Waals surface area contributed by atoms with Crippen molar-refractivity contribution in [3.8, 4) is 0 Å². The van der Waals surface area contributed by atoms with E-state index in [1.807, 2.05) is 18.2 Å². The summed E-state index contributed by atoms with van der Waals surface area (Å²) in [7, 11) is 0. The van der Waals surface area contributed by atoms with E-state index in [1.165, 1.54) is 34.7 Å². The maximum atomic E-state index is 13.3. The molecule has 30 heavy (non-hydrogen) atoms. The summed E-state index contributed by atoms with van der Waals surface area (Å²) in [6, 6.07) is 15.9. The summed E-state index contributed by atoms with van der Waals surface area (Å²) in [5.74, 6) is -0.471. The molecule has 3 rings (SSSR count). The molecule has 0 unspecified atom stereocenters. The minimum absolute atomic E-state index is 0. The van der Waals surface area contributed by atoms with Gasteiger partial charge >= 0.3 is 0 Å².